The summed E-state index contributed by atoms with van der Waals surface area (Å²) in [7, 11) is -2.98. The van der Waals surface area contributed by atoms with Gasteiger partial charge in [0, 0.05) is 6.42 Å². The van der Waals surface area contributed by atoms with Crippen LogP contribution in [-0.4, -0.2) is 29.5 Å². The average molecular weight is 253 g/mol. The van der Waals surface area contributed by atoms with Crippen LogP contribution in [-0.2, 0) is 14.6 Å². The van der Waals surface area contributed by atoms with Crippen LogP contribution in [0.2, 0.25) is 0 Å². The normalized spacial score (nSPS) is 44.8. The first kappa shape index (κ1) is 8.69. The molecule has 0 aromatic heterocycles. The minimum absolute atomic E-state index is 0.0531. The molecule has 2 rings (SSSR count). The summed E-state index contributed by atoms with van der Waals surface area (Å²) in [6, 6.07) is 0. The highest BCUT2D eigenvalue weighted by molar-refractivity contribution is 9.10. The van der Waals surface area contributed by atoms with E-state index in [1.54, 1.807) is 0 Å². The van der Waals surface area contributed by atoms with Crippen LogP contribution < -0.4 is 0 Å². The molecule has 0 aromatic rings. The monoisotopic (exact) mass is 252 g/mol. The van der Waals surface area contributed by atoms with Gasteiger partial charge in [-0.2, -0.15) is 0 Å². The summed E-state index contributed by atoms with van der Waals surface area (Å²) in [5.41, 5.74) is 0. The molecule has 0 radical (unpaired) electrons. The highest BCUT2D eigenvalue weighted by Gasteiger charge is 2.51. The molecule has 2 fully saturated rings. The fraction of sp³-hybridized carbons (Fsp3) is 0.857. The molecule has 3 nitrogen and oxygen atoms in total. The van der Waals surface area contributed by atoms with Gasteiger partial charge in [-0.25, -0.2) is 8.42 Å². The molecule has 0 aromatic carbocycles. The second kappa shape index (κ2) is 2.54. The van der Waals surface area contributed by atoms with E-state index in [0.717, 1.165) is 0 Å². The van der Waals surface area contributed by atoms with Gasteiger partial charge in [0.1, 0.15) is 5.78 Å². The number of hydrogen-bond acceptors (Lipinski definition) is 3. The third kappa shape index (κ3) is 0.988. The van der Waals surface area contributed by atoms with Crippen molar-refractivity contribution in [3.05, 3.63) is 0 Å². The van der Waals surface area contributed by atoms with Crippen molar-refractivity contribution >= 4 is 31.6 Å². The zero-order valence-corrected chi connectivity index (χ0v) is 8.77. The lowest BCUT2D eigenvalue weighted by Gasteiger charge is -2.23. The Morgan fingerprint density at radius 1 is 1.33 bits per heavy atom. The summed E-state index contributed by atoms with van der Waals surface area (Å²) in [5, 5.41) is -0.812. The predicted octanol–water partition coefficient (Wildman–Crippen LogP) is 0.669. The Labute approximate surface area is 79.6 Å². The molecule has 68 valence electrons. The van der Waals surface area contributed by atoms with Crippen LogP contribution in [0.3, 0.4) is 0 Å². The van der Waals surface area contributed by atoms with Gasteiger partial charge in [0.05, 0.1) is 15.3 Å². The minimum atomic E-state index is -2.98. The predicted molar refractivity (Wildman–Crippen MR) is 48.1 cm³/mol. The largest absolute Gasteiger partial charge is 0.298 e. The molecular formula is C7H9BrO3S. The number of carbonyl (C=O) groups excluding carboxylic acids is 1. The zero-order valence-electron chi connectivity index (χ0n) is 6.36. The zero-order chi connectivity index (χ0) is 8.93. The molecule has 2 aliphatic heterocycles. The van der Waals surface area contributed by atoms with Crippen LogP contribution in [0.4, 0.5) is 0 Å². The summed E-state index contributed by atoms with van der Waals surface area (Å²) in [5.74, 6) is 0.0531. The van der Waals surface area contributed by atoms with Crippen molar-refractivity contribution in [3.8, 4) is 0 Å². The van der Waals surface area contributed by atoms with Gasteiger partial charge in [-0.1, -0.05) is 15.9 Å². The standard InChI is InChI=1S/C7H9BrO3S/c8-7-5(9)3-4-1-2-6(7)12(4,10)11/h4,6-7H,1-3H2. The fourth-order valence-electron chi connectivity index (χ4n) is 2.00. The fourth-order valence-corrected chi connectivity index (χ4v) is 5.66. The molecule has 0 spiro atoms. The lowest BCUT2D eigenvalue weighted by molar-refractivity contribution is -0.118. The Kier molecular flexibility index (Phi) is 1.84. The van der Waals surface area contributed by atoms with Gasteiger partial charge in [-0.15, -0.1) is 0 Å². The summed E-state index contributed by atoms with van der Waals surface area (Å²) < 4.78 is 23.1. The van der Waals surface area contributed by atoms with Crippen molar-refractivity contribution in [2.75, 3.05) is 0 Å². The number of rotatable bonds is 0. The van der Waals surface area contributed by atoms with E-state index in [9.17, 15) is 13.2 Å². The second-order valence-electron chi connectivity index (χ2n) is 3.40. The number of hydrogen-bond donors (Lipinski definition) is 0. The molecule has 0 aliphatic carbocycles. The van der Waals surface area contributed by atoms with Gasteiger partial charge in [0.2, 0.25) is 0 Å². The number of alkyl halides is 1. The maximum absolute atomic E-state index is 11.5. The van der Waals surface area contributed by atoms with E-state index in [0.29, 0.717) is 12.8 Å². The molecule has 3 unspecified atom stereocenters. The van der Waals surface area contributed by atoms with Crippen molar-refractivity contribution < 1.29 is 13.2 Å². The SMILES string of the molecule is O=C1CC2CCC(C1Br)S2(=O)=O. The average Bonchev–Trinajstić information content (AvgIpc) is 2.14. The smallest absolute Gasteiger partial charge is 0.158 e. The molecule has 2 heterocycles. The van der Waals surface area contributed by atoms with Crippen LogP contribution in [0.5, 0.6) is 0 Å². The Bertz CT molecular complexity index is 322. The number of sulfone groups is 1. The second-order valence-corrected chi connectivity index (χ2v) is 6.84. The maximum atomic E-state index is 11.5. The lowest BCUT2D eigenvalue weighted by Crippen LogP contribution is -2.41. The van der Waals surface area contributed by atoms with E-state index in [1.165, 1.54) is 0 Å². The van der Waals surface area contributed by atoms with E-state index in [-0.39, 0.29) is 17.5 Å². The van der Waals surface area contributed by atoms with Crippen LogP contribution in [0.25, 0.3) is 0 Å². The van der Waals surface area contributed by atoms with Crippen LogP contribution in [0.1, 0.15) is 19.3 Å². The van der Waals surface area contributed by atoms with Gasteiger partial charge in [0.25, 0.3) is 0 Å². The van der Waals surface area contributed by atoms with Crippen molar-refractivity contribution in [2.24, 2.45) is 0 Å². The van der Waals surface area contributed by atoms with Crippen molar-refractivity contribution in [1.29, 1.82) is 0 Å². The first-order valence-corrected chi connectivity index (χ1v) is 6.45. The molecule has 5 heteroatoms. The molecular weight excluding hydrogens is 244 g/mol. The first-order chi connectivity index (χ1) is 5.53. The van der Waals surface area contributed by atoms with E-state index < -0.39 is 19.9 Å². The molecule has 2 aliphatic rings. The van der Waals surface area contributed by atoms with Crippen LogP contribution in [0, 0.1) is 0 Å². The van der Waals surface area contributed by atoms with Gasteiger partial charge < -0.3 is 0 Å². The quantitative estimate of drug-likeness (QED) is 0.596. The third-order valence-corrected chi connectivity index (χ3v) is 6.90. The van der Waals surface area contributed by atoms with E-state index in [4.69, 9.17) is 0 Å². The Morgan fingerprint density at radius 3 is 2.67 bits per heavy atom. The van der Waals surface area contributed by atoms with Gasteiger partial charge >= 0.3 is 0 Å². The van der Waals surface area contributed by atoms with E-state index in [2.05, 4.69) is 15.9 Å². The van der Waals surface area contributed by atoms with Gasteiger partial charge in [0.15, 0.2) is 9.84 Å². The van der Waals surface area contributed by atoms with Crippen molar-refractivity contribution in [1.82, 2.24) is 0 Å². The minimum Gasteiger partial charge on any atom is -0.298 e. The summed E-state index contributed by atoms with van der Waals surface area (Å²) in [6.07, 6.45) is 1.53. The number of halogens is 1. The molecule has 0 amide bonds. The molecule has 2 bridgehead atoms. The third-order valence-electron chi connectivity index (χ3n) is 2.72. The first-order valence-electron chi connectivity index (χ1n) is 3.93. The Balaban J connectivity index is 2.45. The topological polar surface area (TPSA) is 51.2 Å². The molecule has 0 saturated carbocycles. The number of ketones is 1. The molecule has 12 heavy (non-hydrogen) atoms. The van der Waals surface area contributed by atoms with E-state index >= 15 is 0 Å². The van der Waals surface area contributed by atoms with Crippen molar-refractivity contribution in [2.45, 2.75) is 34.6 Å². The van der Waals surface area contributed by atoms with Gasteiger partial charge in [-0.05, 0) is 12.8 Å². The number of carbonyl (C=O) groups is 1. The van der Waals surface area contributed by atoms with Crippen LogP contribution in [0.15, 0.2) is 0 Å². The highest BCUT2D eigenvalue weighted by Crippen LogP contribution is 2.39. The summed E-state index contributed by atoms with van der Waals surface area (Å²) in [4.78, 5) is 10.8. The van der Waals surface area contributed by atoms with Crippen LogP contribution >= 0.6 is 15.9 Å². The van der Waals surface area contributed by atoms with Crippen molar-refractivity contribution in [3.63, 3.8) is 0 Å². The molecule has 3 atom stereocenters. The summed E-state index contributed by atoms with van der Waals surface area (Å²) >= 11 is 3.15. The Morgan fingerprint density at radius 2 is 2.00 bits per heavy atom. The lowest BCUT2D eigenvalue weighted by atomic mass is 10.2. The molecule has 0 N–H and O–H groups in total. The number of Topliss-reactive ketones (excluding diaryl/α,β-unsaturated/α-hetero) is 1. The maximum Gasteiger partial charge on any atom is 0.158 e. The Hall–Kier alpha value is 0.1000. The summed E-state index contributed by atoms with van der Waals surface area (Å²) in [6.45, 7) is 0. The highest BCUT2D eigenvalue weighted by atomic mass is 79.9. The van der Waals surface area contributed by atoms with Gasteiger partial charge in [-0.3, -0.25) is 4.79 Å². The molecule has 2 saturated heterocycles. The van der Waals surface area contributed by atoms with E-state index in [1.807, 2.05) is 0 Å². The number of fused-ring (bicyclic) bond motifs is 2.